The Labute approximate surface area is 121 Å². The maximum Gasteiger partial charge on any atom is 0.220 e. The van der Waals surface area contributed by atoms with Gasteiger partial charge in [0.25, 0.3) is 0 Å². The molecule has 0 bridgehead atoms. The number of nitrogens with one attached hydrogen (secondary N) is 1. The van der Waals surface area contributed by atoms with Crippen molar-refractivity contribution < 1.29 is 14.3 Å². The predicted octanol–water partition coefficient (Wildman–Crippen LogP) is 2.56. The number of Topliss-reactive ketones (excluding diaryl/α,β-unsaturated/α-hetero) is 1. The summed E-state index contributed by atoms with van der Waals surface area (Å²) in [7, 11) is 1.58. The van der Waals surface area contributed by atoms with Gasteiger partial charge in [-0.3, -0.25) is 9.59 Å². The summed E-state index contributed by atoms with van der Waals surface area (Å²) >= 11 is 3.31. The van der Waals surface area contributed by atoms with Crippen molar-refractivity contribution in [3.8, 4) is 0 Å². The van der Waals surface area contributed by atoms with E-state index in [1.165, 1.54) is 0 Å². The minimum absolute atomic E-state index is 0.0259. The molecule has 0 fully saturated rings. The second kappa shape index (κ2) is 8.07. The lowest BCUT2D eigenvalue weighted by Gasteiger charge is -2.12. The number of ketones is 1. The van der Waals surface area contributed by atoms with E-state index < -0.39 is 0 Å². The minimum Gasteiger partial charge on any atom is -0.383 e. The summed E-state index contributed by atoms with van der Waals surface area (Å²) in [6.45, 7) is 2.32. The molecule has 1 unspecified atom stereocenters. The van der Waals surface area contributed by atoms with Crippen LogP contribution in [0, 0.1) is 0 Å². The van der Waals surface area contributed by atoms with E-state index in [2.05, 4.69) is 21.2 Å². The maximum absolute atomic E-state index is 11.9. The highest BCUT2D eigenvalue weighted by Gasteiger charge is 2.11. The number of ether oxygens (including phenoxy) is 1. The number of carbonyl (C=O) groups excluding carboxylic acids is 2. The summed E-state index contributed by atoms with van der Waals surface area (Å²) in [5, 5.41) is 2.77. The van der Waals surface area contributed by atoms with E-state index >= 15 is 0 Å². The summed E-state index contributed by atoms with van der Waals surface area (Å²) in [5.74, 6) is -0.156. The average Bonchev–Trinajstić information content (AvgIpc) is 2.37. The molecule has 0 saturated heterocycles. The van der Waals surface area contributed by atoms with Crippen molar-refractivity contribution in [1.29, 1.82) is 0 Å². The zero-order valence-corrected chi connectivity index (χ0v) is 12.7. The quantitative estimate of drug-likeness (QED) is 0.783. The number of methoxy groups -OCH3 is 1. The normalized spacial score (nSPS) is 11.9. The molecule has 1 atom stereocenters. The van der Waals surface area contributed by atoms with Gasteiger partial charge in [0.2, 0.25) is 5.91 Å². The number of amides is 1. The van der Waals surface area contributed by atoms with Crippen LogP contribution in [0.25, 0.3) is 0 Å². The molecule has 0 heterocycles. The summed E-state index contributed by atoms with van der Waals surface area (Å²) in [4.78, 5) is 23.4. The highest BCUT2D eigenvalue weighted by Crippen LogP contribution is 2.12. The van der Waals surface area contributed by atoms with Gasteiger partial charge in [0.05, 0.1) is 6.61 Å². The Kier molecular flexibility index (Phi) is 6.73. The number of hydrogen-bond acceptors (Lipinski definition) is 3. The zero-order chi connectivity index (χ0) is 14.3. The molecule has 1 aromatic carbocycles. The molecule has 0 aromatic heterocycles. The topological polar surface area (TPSA) is 55.4 Å². The van der Waals surface area contributed by atoms with Crippen LogP contribution in [-0.4, -0.2) is 31.4 Å². The van der Waals surface area contributed by atoms with Gasteiger partial charge in [0.15, 0.2) is 5.78 Å². The average molecular weight is 328 g/mol. The molecule has 0 aliphatic rings. The van der Waals surface area contributed by atoms with E-state index in [4.69, 9.17) is 4.74 Å². The largest absolute Gasteiger partial charge is 0.383 e. The van der Waals surface area contributed by atoms with Crippen LogP contribution < -0.4 is 5.32 Å². The molecule has 1 aromatic rings. The van der Waals surface area contributed by atoms with Crippen LogP contribution in [0.1, 0.15) is 30.1 Å². The van der Waals surface area contributed by atoms with Gasteiger partial charge in [0, 0.05) is 36.0 Å². The van der Waals surface area contributed by atoms with E-state index in [1.807, 2.05) is 19.1 Å². The van der Waals surface area contributed by atoms with Crippen LogP contribution in [0.4, 0.5) is 0 Å². The third-order valence-corrected chi connectivity index (χ3v) is 3.10. The van der Waals surface area contributed by atoms with Gasteiger partial charge in [-0.1, -0.05) is 28.1 Å². The molecule has 1 amide bonds. The number of halogens is 1. The second-order valence-corrected chi connectivity index (χ2v) is 5.27. The highest BCUT2D eigenvalue weighted by molar-refractivity contribution is 9.10. The first-order chi connectivity index (χ1) is 9.02. The van der Waals surface area contributed by atoms with Crippen LogP contribution in [0.5, 0.6) is 0 Å². The van der Waals surface area contributed by atoms with Crippen molar-refractivity contribution in [2.24, 2.45) is 0 Å². The molecule has 0 spiro atoms. The molecule has 4 nitrogen and oxygen atoms in total. The third-order valence-electron chi connectivity index (χ3n) is 2.57. The lowest BCUT2D eigenvalue weighted by atomic mass is 10.1. The Morgan fingerprint density at radius 2 is 1.89 bits per heavy atom. The molecule has 5 heteroatoms. The van der Waals surface area contributed by atoms with Crippen molar-refractivity contribution >= 4 is 27.6 Å². The fourth-order valence-corrected chi connectivity index (χ4v) is 1.91. The monoisotopic (exact) mass is 327 g/mol. The highest BCUT2D eigenvalue weighted by atomic mass is 79.9. The summed E-state index contributed by atoms with van der Waals surface area (Å²) < 4.78 is 5.85. The molecule has 0 aliphatic heterocycles. The van der Waals surface area contributed by atoms with Crippen LogP contribution in [-0.2, 0) is 9.53 Å². The Bertz CT molecular complexity index is 431. The Hall–Kier alpha value is -1.20. The van der Waals surface area contributed by atoms with Crippen molar-refractivity contribution in [3.05, 3.63) is 34.3 Å². The zero-order valence-electron chi connectivity index (χ0n) is 11.1. The molecule has 0 aliphatic carbocycles. The van der Waals surface area contributed by atoms with E-state index in [-0.39, 0.29) is 30.6 Å². The fourth-order valence-electron chi connectivity index (χ4n) is 1.65. The number of carbonyl (C=O) groups is 2. The van der Waals surface area contributed by atoms with Crippen molar-refractivity contribution in [2.75, 3.05) is 13.7 Å². The second-order valence-electron chi connectivity index (χ2n) is 4.35. The molecule has 0 saturated carbocycles. The smallest absolute Gasteiger partial charge is 0.220 e. The lowest BCUT2D eigenvalue weighted by molar-refractivity contribution is -0.122. The van der Waals surface area contributed by atoms with E-state index in [1.54, 1.807) is 19.2 Å². The Balaban J connectivity index is 2.37. The van der Waals surface area contributed by atoms with Gasteiger partial charge in [-0.05, 0) is 19.1 Å². The van der Waals surface area contributed by atoms with Gasteiger partial charge >= 0.3 is 0 Å². The van der Waals surface area contributed by atoms with Crippen LogP contribution >= 0.6 is 15.9 Å². The first-order valence-electron chi connectivity index (χ1n) is 6.10. The van der Waals surface area contributed by atoms with Gasteiger partial charge in [-0.25, -0.2) is 0 Å². The van der Waals surface area contributed by atoms with Gasteiger partial charge in [-0.2, -0.15) is 0 Å². The minimum atomic E-state index is -0.130. The molecular weight excluding hydrogens is 310 g/mol. The van der Waals surface area contributed by atoms with Gasteiger partial charge < -0.3 is 10.1 Å². The number of rotatable bonds is 7. The summed E-state index contributed by atoms with van der Waals surface area (Å²) in [6, 6.07) is 7.08. The summed E-state index contributed by atoms with van der Waals surface area (Å²) in [5.41, 5.74) is 0.626. The molecule has 104 valence electrons. The SMILES string of the molecule is COCC(C)NC(=O)CCC(=O)c1ccc(Br)cc1. The predicted molar refractivity (Wildman–Crippen MR) is 77.2 cm³/mol. The third kappa shape index (κ3) is 5.98. The van der Waals surface area contributed by atoms with Crippen LogP contribution in [0.3, 0.4) is 0 Å². The van der Waals surface area contributed by atoms with E-state index in [0.717, 1.165) is 4.47 Å². The van der Waals surface area contributed by atoms with E-state index in [0.29, 0.717) is 12.2 Å². The lowest BCUT2D eigenvalue weighted by Crippen LogP contribution is -2.35. The fraction of sp³-hybridized carbons (Fsp3) is 0.429. The Morgan fingerprint density at radius 3 is 2.47 bits per heavy atom. The summed E-state index contributed by atoms with van der Waals surface area (Å²) in [6.07, 6.45) is 0.413. The van der Waals surface area contributed by atoms with Crippen molar-refractivity contribution in [1.82, 2.24) is 5.32 Å². The van der Waals surface area contributed by atoms with Gasteiger partial charge in [-0.15, -0.1) is 0 Å². The Morgan fingerprint density at radius 1 is 1.26 bits per heavy atom. The first-order valence-corrected chi connectivity index (χ1v) is 6.89. The standard InChI is InChI=1S/C14H18BrNO3/c1-10(9-19-2)16-14(18)8-7-13(17)11-3-5-12(15)6-4-11/h3-6,10H,7-9H2,1-2H3,(H,16,18). The maximum atomic E-state index is 11.9. The number of benzene rings is 1. The van der Waals surface area contributed by atoms with Crippen molar-refractivity contribution in [3.63, 3.8) is 0 Å². The van der Waals surface area contributed by atoms with Crippen LogP contribution in [0.2, 0.25) is 0 Å². The molecule has 19 heavy (non-hydrogen) atoms. The molecular formula is C14H18BrNO3. The molecule has 1 rings (SSSR count). The molecule has 0 radical (unpaired) electrons. The van der Waals surface area contributed by atoms with Crippen molar-refractivity contribution in [2.45, 2.75) is 25.8 Å². The van der Waals surface area contributed by atoms with Gasteiger partial charge in [0.1, 0.15) is 0 Å². The molecule has 1 N–H and O–H groups in total. The van der Waals surface area contributed by atoms with E-state index in [9.17, 15) is 9.59 Å². The first kappa shape index (κ1) is 15.9. The van der Waals surface area contributed by atoms with Crippen LogP contribution in [0.15, 0.2) is 28.7 Å². The number of hydrogen-bond donors (Lipinski definition) is 1.